The molecule has 0 saturated heterocycles. The van der Waals surface area contributed by atoms with Gasteiger partial charge in [-0.25, -0.2) is 5.10 Å². The Morgan fingerprint density at radius 2 is 1.87 bits per heavy atom. The van der Waals surface area contributed by atoms with Gasteiger partial charge in [0.1, 0.15) is 12.1 Å². The lowest BCUT2D eigenvalue weighted by atomic mass is 9.98. The highest BCUT2D eigenvalue weighted by molar-refractivity contribution is 7.98. The molecular formula is C18H25F3N4O4S2. The molecule has 2 atom stereocenters. The SMILES string of the molecule is CSCCC(O)C(=O)NC(CCSC)C(=O)N1CCc2c(c(C(F)(F)F)n[nH]c2=O)C1. The molecule has 0 bridgehead atoms. The average Bonchev–Trinajstić information content (AvgIpc) is 2.73. The van der Waals surface area contributed by atoms with Gasteiger partial charge < -0.3 is 15.3 Å². The third-order valence-electron chi connectivity index (χ3n) is 4.88. The lowest BCUT2D eigenvalue weighted by molar-refractivity contribution is -0.144. The van der Waals surface area contributed by atoms with E-state index in [-0.39, 0.29) is 36.9 Å². The number of hydrogen-bond donors (Lipinski definition) is 3. The molecule has 0 aromatic carbocycles. The second kappa shape index (κ2) is 11.2. The fourth-order valence-corrected chi connectivity index (χ4v) is 4.17. The van der Waals surface area contributed by atoms with Gasteiger partial charge in [0.15, 0.2) is 5.69 Å². The molecule has 0 radical (unpaired) electrons. The van der Waals surface area contributed by atoms with Crippen LogP contribution in [0.4, 0.5) is 13.2 Å². The Bertz CT molecular complexity index is 850. The van der Waals surface area contributed by atoms with Crippen LogP contribution in [0.5, 0.6) is 0 Å². The van der Waals surface area contributed by atoms with Gasteiger partial charge in [0.05, 0.1) is 0 Å². The molecule has 8 nitrogen and oxygen atoms in total. The first-order chi connectivity index (χ1) is 14.6. The summed E-state index contributed by atoms with van der Waals surface area (Å²) in [5, 5.41) is 17.5. The van der Waals surface area contributed by atoms with Crippen molar-refractivity contribution in [2.75, 3.05) is 30.6 Å². The Morgan fingerprint density at radius 3 is 2.48 bits per heavy atom. The quantitative estimate of drug-likeness (QED) is 0.482. The van der Waals surface area contributed by atoms with Crippen molar-refractivity contribution >= 4 is 35.3 Å². The van der Waals surface area contributed by atoms with Gasteiger partial charge in [0.2, 0.25) is 11.8 Å². The van der Waals surface area contributed by atoms with E-state index in [1.807, 2.05) is 17.6 Å². The molecule has 13 heteroatoms. The predicted octanol–water partition coefficient (Wildman–Crippen LogP) is 1.03. The van der Waals surface area contributed by atoms with Crippen molar-refractivity contribution in [2.45, 2.75) is 44.1 Å². The van der Waals surface area contributed by atoms with Crippen LogP contribution in [0.25, 0.3) is 0 Å². The first kappa shape index (κ1) is 25.5. The van der Waals surface area contributed by atoms with Gasteiger partial charge in [-0.2, -0.15) is 41.8 Å². The molecule has 3 N–H and O–H groups in total. The summed E-state index contributed by atoms with van der Waals surface area (Å²) in [6.45, 7) is -0.391. The number of alkyl halides is 3. The highest BCUT2D eigenvalue weighted by Crippen LogP contribution is 2.32. The van der Waals surface area contributed by atoms with Gasteiger partial charge in [-0.15, -0.1) is 0 Å². The molecule has 1 aliphatic rings. The number of aliphatic hydroxyl groups is 1. The van der Waals surface area contributed by atoms with E-state index < -0.39 is 47.9 Å². The number of aliphatic hydroxyl groups excluding tert-OH is 1. The van der Waals surface area contributed by atoms with E-state index in [2.05, 4.69) is 10.4 Å². The molecule has 0 spiro atoms. The van der Waals surface area contributed by atoms with E-state index in [0.717, 1.165) is 0 Å². The van der Waals surface area contributed by atoms with Gasteiger partial charge in [0.25, 0.3) is 5.56 Å². The second-order valence-electron chi connectivity index (χ2n) is 7.01. The maximum Gasteiger partial charge on any atom is 0.435 e. The maximum absolute atomic E-state index is 13.3. The molecule has 31 heavy (non-hydrogen) atoms. The Kier molecular flexibility index (Phi) is 9.25. The van der Waals surface area contributed by atoms with Crippen LogP contribution < -0.4 is 10.9 Å². The summed E-state index contributed by atoms with van der Waals surface area (Å²) >= 11 is 2.91. The zero-order valence-corrected chi connectivity index (χ0v) is 18.8. The third kappa shape index (κ3) is 6.62. The highest BCUT2D eigenvalue weighted by atomic mass is 32.2. The standard InChI is InChI=1S/C18H25F3N4O4S2/c1-30-7-4-12(22-16(28)13(26)5-8-31-2)17(29)25-6-3-10-11(9-25)14(18(19,20)21)23-24-15(10)27/h12-13,26H,3-9H2,1-2H3,(H,22,28)(H,24,27). The number of thioether (sulfide) groups is 2. The summed E-state index contributed by atoms with van der Waals surface area (Å²) in [4.78, 5) is 38.5. The fraction of sp³-hybridized carbons (Fsp3) is 0.667. The number of rotatable bonds is 9. The fourth-order valence-electron chi connectivity index (χ4n) is 3.24. The molecule has 2 rings (SSSR count). The Hall–Kier alpha value is -1.73. The Balaban J connectivity index is 2.22. The van der Waals surface area contributed by atoms with E-state index in [4.69, 9.17) is 0 Å². The number of aromatic nitrogens is 2. The van der Waals surface area contributed by atoms with Crippen molar-refractivity contribution in [2.24, 2.45) is 0 Å². The number of nitrogens with one attached hydrogen (secondary N) is 2. The molecule has 0 aliphatic carbocycles. The zero-order chi connectivity index (χ0) is 23.2. The summed E-state index contributed by atoms with van der Waals surface area (Å²) < 4.78 is 40.0. The molecule has 2 heterocycles. The van der Waals surface area contributed by atoms with Crippen molar-refractivity contribution in [1.82, 2.24) is 20.4 Å². The first-order valence-electron chi connectivity index (χ1n) is 9.52. The molecule has 2 unspecified atom stereocenters. The van der Waals surface area contributed by atoms with Crippen molar-refractivity contribution in [1.29, 1.82) is 0 Å². The van der Waals surface area contributed by atoms with Crippen LogP contribution in [0.1, 0.15) is 29.7 Å². The molecule has 2 amide bonds. The van der Waals surface area contributed by atoms with Crippen LogP contribution in [0.2, 0.25) is 0 Å². The second-order valence-corrected chi connectivity index (χ2v) is 8.98. The number of fused-ring (bicyclic) bond motifs is 1. The minimum absolute atomic E-state index is 0.0384. The normalized spacial score (nSPS) is 15.9. The number of aromatic amines is 1. The number of H-pyrrole nitrogens is 1. The van der Waals surface area contributed by atoms with Gasteiger partial charge in [0, 0.05) is 24.2 Å². The minimum Gasteiger partial charge on any atom is -0.383 e. The predicted molar refractivity (Wildman–Crippen MR) is 113 cm³/mol. The van der Waals surface area contributed by atoms with Crippen molar-refractivity contribution in [3.05, 3.63) is 27.2 Å². The van der Waals surface area contributed by atoms with Crippen LogP contribution in [0.3, 0.4) is 0 Å². The summed E-state index contributed by atoms with van der Waals surface area (Å²) in [5.74, 6) is -0.168. The zero-order valence-electron chi connectivity index (χ0n) is 17.1. The number of halogens is 3. The number of carbonyl (C=O) groups is 2. The van der Waals surface area contributed by atoms with E-state index >= 15 is 0 Å². The number of hydrogen-bond acceptors (Lipinski definition) is 7. The molecule has 1 aromatic heterocycles. The van der Waals surface area contributed by atoms with Gasteiger partial charge in [-0.3, -0.25) is 14.4 Å². The highest BCUT2D eigenvalue weighted by Gasteiger charge is 2.40. The Morgan fingerprint density at radius 1 is 1.23 bits per heavy atom. The first-order valence-corrected chi connectivity index (χ1v) is 12.3. The number of nitrogens with zero attached hydrogens (tertiary/aromatic N) is 2. The van der Waals surface area contributed by atoms with E-state index in [1.165, 1.54) is 28.4 Å². The molecule has 0 saturated carbocycles. The van der Waals surface area contributed by atoms with E-state index in [9.17, 15) is 32.7 Å². The number of carbonyl (C=O) groups excluding carboxylic acids is 2. The van der Waals surface area contributed by atoms with Crippen LogP contribution >= 0.6 is 23.5 Å². The van der Waals surface area contributed by atoms with Crippen molar-refractivity contribution in [3.8, 4) is 0 Å². The Labute approximate surface area is 185 Å². The lowest BCUT2D eigenvalue weighted by Crippen LogP contribution is -2.52. The molecule has 0 fully saturated rings. The third-order valence-corrected chi connectivity index (χ3v) is 6.17. The largest absolute Gasteiger partial charge is 0.435 e. The lowest BCUT2D eigenvalue weighted by Gasteiger charge is -2.32. The van der Waals surface area contributed by atoms with Crippen molar-refractivity contribution < 1.29 is 27.9 Å². The van der Waals surface area contributed by atoms with E-state index in [0.29, 0.717) is 11.5 Å². The summed E-state index contributed by atoms with van der Waals surface area (Å²) in [7, 11) is 0. The molecule has 174 valence electrons. The maximum atomic E-state index is 13.3. The summed E-state index contributed by atoms with van der Waals surface area (Å²) in [5.41, 5.74) is -2.30. The average molecular weight is 483 g/mol. The topological polar surface area (TPSA) is 115 Å². The van der Waals surface area contributed by atoms with Crippen LogP contribution in [-0.4, -0.2) is 74.7 Å². The van der Waals surface area contributed by atoms with Gasteiger partial charge in [-0.05, 0) is 43.3 Å². The minimum atomic E-state index is -4.78. The number of amides is 2. The smallest absolute Gasteiger partial charge is 0.383 e. The van der Waals surface area contributed by atoms with Crippen molar-refractivity contribution in [3.63, 3.8) is 0 Å². The summed E-state index contributed by atoms with van der Waals surface area (Å²) in [6, 6.07) is -0.991. The van der Waals surface area contributed by atoms with Crippen LogP contribution in [-0.2, 0) is 28.7 Å². The van der Waals surface area contributed by atoms with Gasteiger partial charge >= 0.3 is 6.18 Å². The molecular weight excluding hydrogens is 457 g/mol. The molecule has 1 aliphatic heterocycles. The van der Waals surface area contributed by atoms with Crippen LogP contribution in [0, 0.1) is 0 Å². The van der Waals surface area contributed by atoms with Crippen LogP contribution in [0.15, 0.2) is 4.79 Å². The van der Waals surface area contributed by atoms with E-state index in [1.54, 1.807) is 0 Å². The summed E-state index contributed by atoms with van der Waals surface area (Å²) in [6.07, 6.45) is -1.99. The molecule has 1 aromatic rings. The van der Waals surface area contributed by atoms with Gasteiger partial charge in [-0.1, -0.05) is 0 Å². The monoisotopic (exact) mass is 482 g/mol.